The summed E-state index contributed by atoms with van der Waals surface area (Å²) in [5.41, 5.74) is 2.72. The molecule has 34 heavy (non-hydrogen) atoms. The molecule has 0 spiro atoms. The number of aromatic nitrogens is 2. The monoisotopic (exact) mass is 459 g/mol. The fourth-order valence-corrected chi connectivity index (χ4v) is 3.84. The molecule has 0 aliphatic heterocycles. The Hall–Kier alpha value is -3.66. The molecule has 0 saturated heterocycles. The summed E-state index contributed by atoms with van der Waals surface area (Å²) in [4.78, 5) is 25.0. The van der Waals surface area contributed by atoms with Gasteiger partial charge in [-0.05, 0) is 41.7 Å². The number of hydrogen-bond donors (Lipinski definition) is 1. The second-order valence-electron chi connectivity index (χ2n) is 9.24. The van der Waals surface area contributed by atoms with Gasteiger partial charge >= 0.3 is 0 Å². The highest BCUT2D eigenvalue weighted by molar-refractivity contribution is 5.88. The Morgan fingerprint density at radius 1 is 1.00 bits per heavy atom. The average Bonchev–Trinajstić information content (AvgIpc) is 2.82. The van der Waals surface area contributed by atoms with Gasteiger partial charge in [0.2, 0.25) is 5.91 Å². The lowest BCUT2D eigenvalue weighted by molar-refractivity contribution is -0.121. The van der Waals surface area contributed by atoms with Crippen molar-refractivity contribution < 1.29 is 9.53 Å². The minimum absolute atomic E-state index is 0.305. The van der Waals surface area contributed by atoms with E-state index in [2.05, 4.69) is 44.0 Å². The lowest BCUT2D eigenvalue weighted by atomic mass is 10.0. The molecule has 1 heterocycles. The van der Waals surface area contributed by atoms with Gasteiger partial charge in [0.15, 0.2) is 11.7 Å². The van der Waals surface area contributed by atoms with E-state index in [0.29, 0.717) is 35.4 Å². The van der Waals surface area contributed by atoms with E-state index in [9.17, 15) is 10.1 Å². The summed E-state index contributed by atoms with van der Waals surface area (Å²) in [6, 6.07) is 17.2. The van der Waals surface area contributed by atoms with Gasteiger partial charge in [0.05, 0.1) is 24.2 Å². The number of ether oxygens (including phenoxy) is 1. The number of carbonyl (C=O) groups is 1. The maximum Gasteiger partial charge on any atom is 0.243 e. The summed E-state index contributed by atoms with van der Waals surface area (Å²) in [5, 5.41) is 12.9. The molecule has 0 fully saturated rings. The number of fused-ring (bicyclic) bond motifs is 1. The number of nitriles is 1. The molecule has 1 amide bonds. The zero-order chi connectivity index (χ0) is 24.7. The van der Waals surface area contributed by atoms with Gasteiger partial charge < -0.3 is 15.0 Å². The third-order valence-corrected chi connectivity index (χ3v) is 5.34. The molecular weight excluding hydrogens is 426 g/mol. The van der Waals surface area contributed by atoms with Crippen LogP contribution in [0, 0.1) is 23.2 Å². The number of nitrogens with one attached hydrogen (secondary N) is 1. The van der Waals surface area contributed by atoms with E-state index < -0.39 is 11.8 Å². The fraction of sp³-hybridized carbons (Fsp3) is 0.407. The van der Waals surface area contributed by atoms with Crippen LogP contribution in [0.25, 0.3) is 11.0 Å². The molecule has 0 saturated carbocycles. The first kappa shape index (κ1) is 25.0. The van der Waals surface area contributed by atoms with Gasteiger partial charge in [0.1, 0.15) is 11.4 Å². The number of anilines is 1. The summed E-state index contributed by atoms with van der Waals surface area (Å²) in [6.07, 6.45) is 0. The van der Waals surface area contributed by atoms with E-state index in [-0.39, 0.29) is 0 Å². The van der Waals surface area contributed by atoms with Crippen LogP contribution >= 0.6 is 0 Å². The van der Waals surface area contributed by atoms with Gasteiger partial charge in [0, 0.05) is 19.6 Å². The molecule has 3 aromatic rings. The van der Waals surface area contributed by atoms with Crippen molar-refractivity contribution in [2.45, 2.75) is 40.2 Å². The summed E-state index contributed by atoms with van der Waals surface area (Å²) < 4.78 is 5.18. The lowest BCUT2D eigenvalue weighted by Gasteiger charge is -2.29. The van der Waals surface area contributed by atoms with Crippen LogP contribution in [-0.2, 0) is 11.3 Å². The third-order valence-electron chi connectivity index (χ3n) is 5.34. The van der Waals surface area contributed by atoms with E-state index in [4.69, 9.17) is 14.7 Å². The predicted molar refractivity (Wildman–Crippen MR) is 135 cm³/mol. The van der Waals surface area contributed by atoms with Crippen molar-refractivity contribution in [3.63, 3.8) is 0 Å². The maximum atomic E-state index is 13.2. The van der Waals surface area contributed by atoms with E-state index in [1.54, 1.807) is 7.11 Å². The molecule has 1 N–H and O–H groups in total. The molecule has 1 aromatic heterocycles. The molecule has 1 atom stereocenters. The number of carbonyl (C=O) groups excluding carboxylic acids is 1. The van der Waals surface area contributed by atoms with Crippen molar-refractivity contribution in [3.05, 3.63) is 59.8 Å². The highest BCUT2D eigenvalue weighted by Crippen LogP contribution is 2.28. The average molecular weight is 460 g/mol. The van der Waals surface area contributed by atoms with Crippen LogP contribution in [0.15, 0.2) is 48.5 Å². The Bertz CT molecular complexity index is 1140. The molecule has 0 radical (unpaired) electrons. The molecule has 2 aromatic carbocycles. The Morgan fingerprint density at radius 3 is 2.12 bits per heavy atom. The summed E-state index contributed by atoms with van der Waals surface area (Å²) in [7, 11) is 1.61. The van der Waals surface area contributed by atoms with E-state index in [1.807, 2.05) is 48.5 Å². The normalized spacial score (nSPS) is 11.9. The Balaban J connectivity index is 1.97. The SMILES string of the molecule is COc1ccc(CNC(=O)[C@@H](C#N)c2nc3ccccc3nc2N(CC(C)C)CC(C)C)cc1. The molecule has 7 nitrogen and oxygen atoms in total. The van der Waals surface area contributed by atoms with Gasteiger partial charge in [-0.1, -0.05) is 52.0 Å². The molecule has 0 bridgehead atoms. The molecule has 3 rings (SSSR count). The number of rotatable bonds is 10. The van der Waals surface area contributed by atoms with Crippen molar-refractivity contribution in [3.8, 4) is 11.8 Å². The topological polar surface area (TPSA) is 91.1 Å². The van der Waals surface area contributed by atoms with Crippen LogP contribution in [-0.4, -0.2) is 36.1 Å². The number of para-hydroxylation sites is 2. The van der Waals surface area contributed by atoms with Crippen LogP contribution in [0.1, 0.15) is 44.9 Å². The summed E-state index contributed by atoms with van der Waals surface area (Å²) in [6.45, 7) is 10.4. The van der Waals surface area contributed by atoms with Crippen molar-refractivity contribution in [2.24, 2.45) is 11.8 Å². The zero-order valence-electron chi connectivity index (χ0n) is 20.6. The van der Waals surface area contributed by atoms with Gasteiger partial charge in [-0.2, -0.15) is 5.26 Å². The van der Waals surface area contributed by atoms with Crippen molar-refractivity contribution in [1.29, 1.82) is 5.26 Å². The zero-order valence-corrected chi connectivity index (χ0v) is 20.6. The van der Waals surface area contributed by atoms with Crippen LogP contribution in [0.5, 0.6) is 5.75 Å². The molecule has 7 heteroatoms. The van der Waals surface area contributed by atoms with Crippen molar-refractivity contribution in [1.82, 2.24) is 15.3 Å². The van der Waals surface area contributed by atoms with Crippen LogP contribution < -0.4 is 15.0 Å². The highest BCUT2D eigenvalue weighted by Gasteiger charge is 2.29. The number of benzene rings is 2. The largest absolute Gasteiger partial charge is 0.497 e. The standard InChI is InChI=1S/C27H33N5O2/c1-18(2)16-32(17-19(3)4)26-25(30-23-8-6-7-9-24(23)31-26)22(14-28)27(33)29-15-20-10-12-21(34-5)13-11-20/h6-13,18-19,22H,15-17H2,1-5H3,(H,29,33)/t22-/m0/s1. The van der Waals surface area contributed by atoms with Gasteiger partial charge in [-0.15, -0.1) is 0 Å². The number of hydrogen-bond acceptors (Lipinski definition) is 6. The second-order valence-corrected chi connectivity index (χ2v) is 9.24. The van der Waals surface area contributed by atoms with E-state index in [1.165, 1.54) is 0 Å². The molecule has 178 valence electrons. The molecule has 0 aliphatic carbocycles. The molecule has 0 unspecified atom stereocenters. The smallest absolute Gasteiger partial charge is 0.243 e. The van der Waals surface area contributed by atoms with Gasteiger partial charge in [-0.25, -0.2) is 9.97 Å². The molecular formula is C27H33N5O2. The Morgan fingerprint density at radius 2 is 1.59 bits per heavy atom. The van der Waals surface area contributed by atoms with Crippen LogP contribution in [0.3, 0.4) is 0 Å². The van der Waals surface area contributed by atoms with Crippen LogP contribution in [0.4, 0.5) is 5.82 Å². The van der Waals surface area contributed by atoms with Crippen LogP contribution in [0.2, 0.25) is 0 Å². The second kappa shape index (κ2) is 11.5. The first-order chi connectivity index (χ1) is 16.3. The van der Waals surface area contributed by atoms with Gasteiger partial charge in [0.25, 0.3) is 0 Å². The maximum absolute atomic E-state index is 13.2. The quantitative estimate of drug-likeness (QED) is 0.473. The Kier molecular flexibility index (Phi) is 8.42. The predicted octanol–water partition coefficient (Wildman–Crippen LogP) is 4.68. The van der Waals surface area contributed by atoms with E-state index in [0.717, 1.165) is 29.9 Å². The number of amides is 1. The van der Waals surface area contributed by atoms with Crippen molar-refractivity contribution >= 4 is 22.8 Å². The van der Waals surface area contributed by atoms with E-state index >= 15 is 0 Å². The third kappa shape index (κ3) is 6.22. The number of nitrogens with zero attached hydrogens (tertiary/aromatic N) is 4. The minimum atomic E-state index is -1.08. The Labute approximate surface area is 201 Å². The summed E-state index contributed by atoms with van der Waals surface area (Å²) >= 11 is 0. The summed E-state index contributed by atoms with van der Waals surface area (Å²) in [5.74, 6) is 0.641. The minimum Gasteiger partial charge on any atom is -0.497 e. The molecule has 0 aliphatic rings. The fourth-order valence-electron chi connectivity index (χ4n) is 3.84. The highest BCUT2D eigenvalue weighted by atomic mass is 16.5. The first-order valence-electron chi connectivity index (χ1n) is 11.6. The van der Waals surface area contributed by atoms with Crippen molar-refractivity contribution in [2.75, 3.05) is 25.1 Å². The number of methoxy groups -OCH3 is 1. The lowest BCUT2D eigenvalue weighted by Crippen LogP contribution is -2.35. The first-order valence-corrected chi connectivity index (χ1v) is 11.6. The van der Waals surface area contributed by atoms with Gasteiger partial charge in [-0.3, -0.25) is 4.79 Å².